The van der Waals surface area contributed by atoms with Gasteiger partial charge in [0.1, 0.15) is 22.9 Å². The van der Waals surface area contributed by atoms with E-state index >= 15 is 0 Å². The molecule has 18 heavy (non-hydrogen) atoms. The van der Waals surface area contributed by atoms with E-state index in [4.69, 9.17) is 10.00 Å². The second-order valence-electron chi connectivity index (χ2n) is 3.50. The van der Waals surface area contributed by atoms with Gasteiger partial charge in [0.05, 0.1) is 12.3 Å². The van der Waals surface area contributed by atoms with Crippen LogP contribution >= 0.6 is 11.3 Å². The monoisotopic (exact) mass is 256 g/mol. The predicted octanol–water partition coefficient (Wildman–Crippen LogP) is 3.71. The van der Waals surface area contributed by atoms with Crippen molar-refractivity contribution in [2.75, 3.05) is 6.61 Å². The first kappa shape index (κ1) is 12.3. The molecule has 0 amide bonds. The summed E-state index contributed by atoms with van der Waals surface area (Å²) in [7, 11) is 0. The van der Waals surface area contributed by atoms with Crippen LogP contribution in [0.15, 0.2) is 42.0 Å². The Hall–Kier alpha value is -2.12. The smallest absolute Gasteiger partial charge is 0.137 e. The molecule has 0 bridgehead atoms. The molecule has 0 aliphatic carbocycles. The number of aromatic nitrogens is 1. The van der Waals surface area contributed by atoms with Gasteiger partial charge in [0, 0.05) is 10.9 Å². The minimum absolute atomic E-state index is 0.462. The SMILES string of the molecule is CCOC=C(C#N)c1nc(-c2ccccc2)cs1. The summed E-state index contributed by atoms with van der Waals surface area (Å²) in [4.78, 5) is 4.45. The third-order valence-corrected chi connectivity index (χ3v) is 3.17. The zero-order valence-electron chi connectivity index (χ0n) is 9.96. The minimum atomic E-state index is 0.462. The number of hydrogen-bond acceptors (Lipinski definition) is 4. The summed E-state index contributed by atoms with van der Waals surface area (Å²) < 4.78 is 5.14. The number of nitrogens with zero attached hydrogens (tertiary/aromatic N) is 2. The van der Waals surface area contributed by atoms with E-state index in [-0.39, 0.29) is 0 Å². The third-order valence-electron chi connectivity index (χ3n) is 2.29. The maximum Gasteiger partial charge on any atom is 0.137 e. The molecule has 0 saturated carbocycles. The molecule has 0 saturated heterocycles. The van der Waals surface area contributed by atoms with Crippen LogP contribution in [0, 0.1) is 11.3 Å². The Kier molecular flexibility index (Phi) is 4.11. The number of rotatable bonds is 4. The quantitative estimate of drug-likeness (QED) is 0.618. The van der Waals surface area contributed by atoms with Gasteiger partial charge >= 0.3 is 0 Å². The fraction of sp³-hybridized carbons (Fsp3) is 0.143. The topological polar surface area (TPSA) is 45.9 Å². The van der Waals surface area contributed by atoms with Crippen molar-refractivity contribution < 1.29 is 4.74 Å². The molecule has 90 valence electrons. The number of thiazole rings is 1. The van der Waals surface area contributed by atoms with Gasteiger partial charge in [0.25, 0.3) is 0 Å². The lowest BCUT2D eigenvalue weighted by Gasteiger charge is -1.96. The molecule has 0 aliphatic heterocycles. The van der Waals surface area contributed by atoms with E-state index in [0.717, 1.165) is 11.3 Å². The summed E-state index contributed by atoms with van der Waals surface area (Å²) in [5.41, 5.74) is 2.39. The summed E-state index contributed by atoms with van der Waals surface area (Å²) in [6.07, 6.45) is 1.47. The van der Waals surface area contributed by atoms with E-state index in [1.807, 2.05) is 42.6 Å². The lowest BCUT2D eigenvalue weighted by molar-refractivity contribution is 0.271. The van der Waals surface area contributed by atoms with Gasteiger partial charge in [-0.15, -0.1) is 11.3 Å². The average Bonchev–Trinajstić information content (AvgIpc) is 2.90. The molecule has 1 heterocycles. The summed E-state index contributed by atoms with van der Waals surface area (Å²) in [5, 5.41) is 11.7. The van der Waals surface area contributed by atoms with Crippen LogP contribution in [0.5, 0.6) is 0 Å². The highest BCUT2D eigenvalue weighted by molar-refractivity contribution is 7.11. The Labute approximate surface area is 110 Å². The van der Waals surface area contributed by atoms with Crippen LogP contribution < -0.4 is 0 Å². The van der Waals surface area contributed by atoms with Crippen molar-refractivity contribution in [3.05, 3.63) is 47.0 Å². The van der Waals surface area contributed by atoms with Gasteiger partial charge in [0.2, 0.25) is 0 Å². The van der Waals surface area contributed by atoms with Crippen molar-refractivity contribution in [1.29, 1.82) is 5.26 Å². The number of ether oxygens (including phenoxy) is 1. The summed E-state index contributed by atoms with van der Waals surface area (Å²) in [6.45, 7) is 2.42. The van der Waals surface area contributed by atoms with Crippen LogP contribution in [0.1, 0.15) is 11.9 Å². The van der Waals surface area contributed by atoms with Crippen LogP contribution in [-0.2, 0) is 4.74 Å². The fourth-order valence-electron chi connectivity index (χ4n) is 1.43. The first-order chi connectivity index (χ1) is 8.85. The number of benzene rings is 1. The van der Waals surface area contributed by atoms with Crippen molar-refractivity contribution in [2.45, 2.75) is 6.92 Å². The van der Waals surface area contributed by atoms with Gasteiger partial charge in [-0.1, -0.05) is 30.3 Å². The van der Waals surface area contributed by atoms with Gasteiger partial charge in [-0.25, -0.2) is 4.98 Å². The Morgan fingerprint density at radius 2 is 2.22 bits per heavy atom. The van der Waals surface area contributed by atoms with E-state index in [9.17, 15) is 0 Å². The van der Waals surface area contributed by atoms with E-state index in [1.54, 1.807) is 0 Å². The Morgan fingerprint density at radius 1 is 1.44 bits per heavy atom. The standard InChI is InChI=1S/C14H12N2OS/c1-2-17-9-12(8-15)14-16-13(10-18-14)11-6-4-3-5-7-11/h3-7,9-10H,2H2,1H3. The second kappa shape index (κ2) is 5.99. The molecule has 0 unspecified atom stereocenters. The van der Waals surface area contributed by atoms with E-state index < -0.39 is 0 Å². The molecule has 0 radical (unpaired) electrons. The van der Waals surface area contributed by atoms with Crippen molar-refractivity contribution in [1.82, 2.24) is 4.98 Å². The van der Waals surface area contributed by atoms with Gasteiger partial charge in [-0.2, -0.15) is 5.26 Å². The fourth-order valence-corrected chi connectivity index (χ4v) is 2.21. The molecule has 1 aromatic heterocycles. The van der Waals surface area contributed by atoms with Crippen molar-refractivity contribution in [3.63, 3.8) is 0 Å². The maximum absolute atomic E-state index is 9.05. The highest BCUT2D eigenvalue weighted by Crippen LogP contribution is 2.25. The minimum Gasteiger partial charge on any atom is -0.500 e. The zero-order valence-corrected chi connectivity index (χ0v) is 10.8. The zero-order chi connectivity index (χ0) is 12.8. The molecule has 2 rings (SSSR count). The molecule has 4 heteroatoms. The lowest BCUT2D eigenvalue weighted by Crippen LogP contribution is -1.85. The third kappa shape index (κ3) is 2.76. The average molecular weight is 256 g/mol. The normalized spacial score (nSPS) is 11.0. The first-order valence-corrected chi connectivity index (χ1v) is 6.46. The molecular weight excluding hydrogens is 244 g/mol. The Morgan fingerprint density at radius 3 is 2.89 bits per heavy atom. The molecule has 1 aromatic carbocycles. The Bertz CT molecular complexity index is 581. The maximum atomic E-state index is 9.05. The van der Waals surface area contributed by atoms with E-state index in [1.165, 1.54) is 17.6 Å². The molecule has 0 fully saturated rings. The second-order valence-corrected chi connectivity index (χ2v) is 4.36. The van der Waals surface area contributed by atoms with Crippen molar-refractivity contribution in [2.24, 2.45) is 0 Å². The summed E-state index contributed by atoms with van der Waals surface area (Å²) >= 11 is 1.45. The van der Waals surface area contributed by atoms with Gasteiger partial charge in [-0.3, -0.25) is 0 Å². The number of allylic oxidation sites excluding steroid dienone is 1. The van der Waals surface area contributed by atoms with Crippen LogP contribution in [-0.4, -0.2) is 11.6 Å². The molecule has 0 aliphatic rings. The summed E-state index contributed by atoms with van der Waals surface area (Å²) in [5.74, 6) is 0. The molecule has 0 spiro atoms. The van der Waals surface area contributed by atoms with E-state index in [0.29, 0.717) is 17.2 Å². The van der Waals surface area contributed by atoms with Crippen LogP contribution in [0.25, 0.3) is 16.8 Å². The summed E-state index contributed by atoms with van der Waals surface area (Å²) in [6, 6.07) is 12.0. The number of nitriles is 1. The molecule has 0 N–H and O–H groups in total. The molecular formula is C14H12N2OS. The van der Waals surface area contributed by atoms with E-state index in [2.05, 4.69) is 11.1 Å². The van der Waals surface area contributed by atoms with Crippen molar-refractivity contribution in [3.8, 4) is 17.3 Å². The van der Waals surface area contributed by atoms with Crippen LogP contribution in [0.4, 0.5) is 0 Å². The Balaban J connectivity index is 2.28. The number of hydrogen-bond donors (Lipinski definition) is 0. The van der Waals surface area contributed by atoms with Crippen LogP contribution in [0.2, 0.25) is 0 Å². The highest BCUT2D eigenvalue weighted by Gasteiger charge is 2.08. The van der Waals surface area contributed by atoms with Gasteiger partial charge < -0.3 is 4.74 Å². The van der Waals surface area contributed by atoms with Crippen LogP contribution in [0.3, 0.4) is 0 Å². The lowest BCUT2D eigenvalue weighted by atomic mass is 10.2. The van der Waals surface area contributed by atoms with Crippen molar-refractivity contribution >= 4 is 16.9 Å². The first-order valence-electron chi connectivity index (χ1n) is 5.58. The van der Waals surface area contributed by atoms with Gasteiger partial charge in [-0.05, 0) is 6.92 Å². The molecule has 2 aromatic rings. The van der Waals surface area contributed by atoms with Gasteiger partial charge in [0.15, 0.2) is 0 Å². The largest absolute Gasteiger partial charge is 0.500 e. The molecule has 0 atom stereocenters. The highest BCUT2D eigenvalue weighted by atomic mass is 32.1. The molecule has 3 nitrogen and oxygen atoms in total. The predicted molar refractivity (Wildman–Crippen MR) is 72.8 cm³/mol.